The third kappa shape index (κ3) is 4.03. The molecule has 0 spiro atoms. The van der Waals surface area contributed by atoms with Crippen LogP contribution in [0.15, 0.2) is 42.5 Å². The summed E-state index contributed by atoms with van der Waals surface area (Å²) in [7, 11) is 0. The van der Waals surface area contributed by atoms with Crippen molar-refractivity contribution >= 4 is 23.2 Å². The number of nitrogens with one attached hydrogen (secondary N) is 1. The number of carbonyl (C=O) groups excluding carboxylic acids is 1. The van der Waals surface area contributed by atoms with E-state index in [9.17, 15) is 4.79 Å². The largest absolute Gasteiger partial charge is 0.454 e. The Balaban J connectivity index is 1.40. The molecule has 6 nitrogen and oxygen atoms in total. The Morgan fingerprint density at radius 1 is 1.19 bits per heavy atom. The molecule has 2 atom stereocenters. The third-order valence-electron chi connectivity index (χ3n) is 4.91. The van der Waals surface area contributed by atoms with Crippen LogP contribution in [0.5, 0.6) is 11.5 Å². The number of ether oxygens (including phenoxy) is 3. The molecule has 142 valence electrons. The van der Waals surface area contributed by atoms with Crippen LogP contribution < -0.4 is 14.8 Å². The summed E-state index contributed by atoms with van der Waals surface area (Å²) in [6.07, 6.45) is -0.0724. The number of halogens is 1. The van der Waals surface area contributed by atoms with Crippen molar-refractivity contribution in [1.82, 2.24) is 4.90 Å². The summed E-state index contributed by atoms with van der Waals surface area (Å²) in [5, 5.41) is 3.65. The predicted octanol–water partition coefficient (Wildman–Crippen LogP) is 3.47. The first-order valence-corrected chi connectivity index (χ1v) is 9.29. The van der Waals surface area contributed by atoms with Crippen LogP contribution in [0.1, 0.15) is 18.6 Å². The van der Waals surface area contributed by atoms with E-state index in [1.54, 1.807) is 12.1 Å². The number of fused-ring (bicyclic) bond motifs is 1. The van der Waals surface area contributed by atoms with Crippen molar-refractivity contribution in [2.45, 2.75) is 19.1 Å². The van der Waals surface area contributed by atoms with Crippen LogP contribution in [-0.2, 0) is 9.53 Å². The molecule has 1 saturated heterocycles. The average molecular weight is 389 g/mol. The van der Waals surface area contributed by atoms with E-state index in [0.717, 1.165) is 5.56 Å². The molecule has 1 N–H and O–H groups in total. The molecule has 2 aliphatic heterocycles. The van der Waals surface area contributed by atoms with Gasteiger partial charge in [-0.2, -0.15) is 0 Å². The molecule has 1 fully saturated rings. The molecule has 2 aromatic rings. The van der Waals surface area contributed by atoms with Gasteiger partial charge in [-0.25, -0.2) is 0 Å². The molecule has 0 unspecified atom stereocenters. The van der Waals surface area contributed by atoms with Crippen LogP contribution in [0.2, 0.25) is 5.02 Å². The summed E-state index contributed by atoms with van der Waals surface area (Å²) in [6, 6.07) is 12.8. The second-order valence-corrected chi connectivity index (χ2v) is 7.08. The first-order chi connectivity index (χ1) is 13.1. The Hall–Kier alpha value is -2.28. The van der Waals surface area contributed by atoms with Gasteiger partial charge < -0.3 is 19.5 Å². The molecule has 0 bridgehead atoms. The maximum absolute atomic E-state index is 12.7. The highest BCUT2D eigenvalue weighted by atomic mass is 35.5. The number of amides is 1. The lowest BCUT2D eigenvalue weighted by molar-refractivity contribution is -0.124. The second kappa shape index (κ2) is 7.76. The van der Waals surface area contributed by atoms with Gasteiger partial charge >= 0.3 is 0 Å². The minimum Gasteiger partial charge on any atom is -0.454 e. The van der Waals surface area contributed by atoms with E-state index < -0.39 is 0 Å². The van der Waals surface area contributed by atoms with E-state index in [4.69, 9.17) is 25.8 Å². The van der Waals surface area contributed by atoms with Gasteiger partial charge in [0.15, 0.2) is 11.5 Å². The zero-order chi connectivity index (χ0) is 18.8. The van der Waals surface area contributed by atoms with Crippen molar-refractivity contribution in [1.29, 1.82) is 0 Å². The lowest BCUT2D eigenvalue weighted by Gasteiger charge is -2.36. The van der Waals surface area contributed by atoms with Gasteiger partial charge in [-0.15, -0.1) is 0 Å². The molecule has 0 saturated carbocycles. The second-order valence-electron chi connectivity index (χ2n) is 6.64. The quantitative estimate of drug-likeness (QED) is 0.869. The monoisotopic (exact) mass is 388 g/mol. The summed E-state index contributed by atoms with van der Waals surface area (Å²) in [5.74, 6) is 1.28. The van der Waals surface area contributed by atoms with Gasteiger partial charge in [-0.05, 0) is 36.8 Å². The van der Waals surface area contributed by atoms with Gasteiger partial charge in [0.2, 0.25) is 12.7 Å². The molecule has 0 aliphatic carbocycles. The van der Waals surface area contributed by atoms with Crippen LogP contribution in [0.25, 0.3) is 0 Å². The summed E-state index contributed by atoms with van der Waals surface area (Å²) in [6.45, 7) is 4.06. The van der Waals surface area contributed by atoms with Crippen molar-refractivity contribution in [3.05, 3.63) is 53.1 Å². The summed E-state index contributed by atoms with van der Waals surface area (Å²) < 4.78 is 16.5. The Morgan fingerprint density at radius 2 is 1.96 bits per heavy atom. The van der Waals surface area contributed by atoms with Crippen LogP contribution in [0.4, 0.5) is 5.69 Å². The first kappa shape index (κ1) is 18.1. The number of benzene rings is 2. The van der Waals surface area contributed by atoms with Crippen LogP contribution >= 0.6 is 11.6 Å². The molecule has 2 heterocycles. The number of carbonyl (C=O) groups is 1. The molecule has 27 heavy (non-hydrogen) atoms. The van der Waals surface area contributed by atoms with Crippen LogP contribution in [-0.4, -0.2) is 43.3 Å². The van der Waals surface area contributed by atoms with E-state index in [0.29, 0.717) is 41.9 Å². The SMILES string of the molecule is C[C@@H](C(=O)Nc1ccc2c(c1)OCO2)N1CCO[C@H](c2ccc(Cl)cc2)C1. The normalized spacial score (nSPS) is 20.3. The highest BCUT2D eigenvalue weighted by Crippen LogP contribution is 2.34. The fraction of sp³-hybridized carbons (Fsp3) is 0.350. The fourth-order valence-corrected chi connectivity index (χ4v) is 3.41. The van der Waals surface area contributed by atoms with Crippen LogP contribution in [0, 0.1) is 0 Å². The molecular formula is C20H21ClN2O4. The van der Waals surface area contributed by atoms with E-state index in [1.807, 2.05) is 37.3 Å². The predicted molar refractivity (Wildman–Crippen MR) is 102 cm³/mol. The third-order valence-corrected chi connectivity index (χ3v) is 5.16. The standard InChI is InChI=1S/C20H21ClN2O4/c1-13(20(24)22-16-6-7-17-18(10-16)27-12-26-17)23-8-9-25-19(11-23)14-2-4-15(21)5-3-14/h2-7,10,13,19H,8-9,11-12H2,1H3,(H,22,24)/t13-,19-/m0/s1. The maximum Gasteiger partial charge on any atom is 0.241 e. The van der Waals surface area contributed by atoms with Crippen LogP contribution in [0.3, 0.4) is 0 Å². The van der Waals surface area contributed by atoms with Crippen molar-refractivity contribution in [3.63, 3.8) is 0 Å². The minimum atomic E-state index is -0.283. The van der Waals surface area contributed by atoms with Gasteiger partial charge in [0.25, 0.3) is 0 Å². The van der Waals surface area contributed by atoms with Gasteiger partial charge in [-0.3, -0.25) is 9.69 Å². The smallest absolute Gasteiger partial charge is 0.241 e. The Labute approximate surface area is 163 Å². The average Bonchev–Trinajstić information content (AvgIpc) is 3.16. The van der Waals surface area contributed by atoms with E-state index in [1.165, 1.54) is 0 Å². The van der Waals surface area contributed by atoms with Crippen molar-refractivity contribution < 1.29 is 19.0 Å². The molecule has 0 radical (unpaired) electrons. The Morgan fingerprint density at radius 3 is 2.78 bits per heavy atom. The molecule has 2 aromatic carbocycles. The maximum atomic E-state index is 12.7. The molecule has 0 aromatic heterocycles. The molecule has 2 aliphatic rings. The highest BCUT2D eigenvalue weighted by molar-refractivity contribution is 6.30. The van der Waals surface area contributed by atoms with E-state index >= 15 is 0 Å². The first-order valence-electron chi connectivity index (χ1n) is 8.92. The Bertz CT molecular complexity index is 827. The van der Waals surface area contributed by atoms with Crippen molar-refractivity contribution in [2.75, 3.05) is 31.8 Å². The van der Waals surface area contributed by atoms with E-state index in [2.05, 4.69) is 10.2 Å². The fourth-order valence-electron chi connectivity index (χ4n) is 3.29. The minimum absolute atomic E-state index is 0.0642. The highest BCUT2D eigenvalue weighted by Gasteiger charge is 2.29. The summed E-state index contributed by atoms with van der Waals surface area (Å²) >= 11 is 5.96. The lowest BCUT2D eigenvalue weighted by atomic mass is 10.1. The van der Waals surface area contributed by atoms with Crippen molar-refractivity contribution in [3.8, 4) is 11.5 Å². The summed E-state index contributed by atoms with van der Waals surface area (Å²) in [5.41, 5.74) is 1.76. The number of morpholine rings is 1. The topological polar surface area (TPSA) is 60.0 Å². The zero-order valence-corrected chi connectivity index (χ0v) is 15.7. The Kier molecular flexibility index (Phi) is 5.20. The lowest BCUT2D eigenvalue weighted by Crippen LogP contribution is -2.48. The summed E-state index contributed by atoms with van der Waals surface area (Å²) in [4.78, 5) is 14.8. The van der Waals surface area contributed by atoms with Crippen molar-refractivity contribution in [2.24, 2.45) is 0 Å². The molecular weight excluding hydrogens is 368 g/mol. The number of hydrogen-bond donors (Lipinski definition) is 1. The number of hydrogen-bond acceptors (Lipinski definition) is 5. The number of anilines is 1. The molecule has 4 rings (SSSR count). The number of nitrogens with zero attached hydrogens (tertiary/aromatic N) is 1. The van der Waals surface area contributed by atoms with Gasteiger partial charge in [0.05, 0.1) is 18.8 Å². The van der Waals surface area contributed by atoms with Gasteiger partial charge in [0.1, 0.15) is 0 Å². The zero-order valence-electron chi connectivity index (χ0n) is 15.0. The van der Waals surface area contributed by atoms with E-state index in [-0.39, 0.29) is 24.8 Å². The van der Waals surface area contributed by atoms with Gasteiger partial charge in [-0.1, -0.05) is 23.7 Å². The molecule has 1 amide bonds. The number of rotatable bonds is 4. The van der Waals surface area contributed by atoms with Gasteiger partial charge in [0, 0.05) is 29.9 Å². The molecule has 7 heteroatoms.